The van der Waals surface area contributed by atoms with E-state index in [2.05, 4.69) is 10.3 Å². The topological polar surface area (TPSA) is 41.2 Å². The molecule has 0 saturated carbocycles. The maximum absolute atomic E-state index is 10.5. The van der Waals surface area contributed by atoms with E-state index < -0.39 is 5.97 Å². The minimum Gasteiger partial charge on any atom is -0.196 e. The molecule has 0 aromatic carbocycles. The molecule has 0 aliphatic rings. The molecule has 0 aliphatic carbocycles. The Morgan fingerprint density at radius 3 is 2.70 bits per heavy atom. The van der Waals surface area contributed by atoms with Crippen molar-refractivity contribution < 1.29 is 9.63 Å². The average molecular weight is 141 g/mol. The Kier molecular flexibility index (Phi) is 5.38. The highest BCUT2D eigenvalue weighted by molar-refractivity contribution is 5.81. The lowest BCUT2D eigenvalue weighted by atomic mass is 10.4. The van der Waals surface area contributed by atoms with E-state index in [1.165, 1.54) is 13.1 Å². The standard InChI is InChI=1S/C7H11NO2/c1-3-4-5-6-7(9)10-8-2/h3-6,8H,1-2H3/q+1/b4-3+,6-5+. The van der Waals surface area contributed by atoms with Crippen LogP contribution in [0.25, 0.3) is 0 Å². The van der Waals surface area contributed by atoms with Gasteiger partial charge in [0.1, 0.15) is 0 Å². The summed E-state index contributed by atoms with van der Waals surface area (Å²) >= 11 is 0. The molecular formula is C7H11NO2+. The fraction of sp³-hybridized carbons (Fsp3) is 0.286. The van der Waals surface area contributed by atoms with Crippen LogP contribution >= 0.6 is 0 Å². The van der Waals surface area contributed by atoms with Crippen LogP contribution in [0.5, 0.6) is 0 Å². The van der Waals surface area contributed by atoms with Gasteiger partial charge in [0.05, 0.1) is 10.9 Å². The summed E-state index contributed by atoms with van der Waals surface area (Å²) in [7, 11) is 1.53. The average Bonchev–Trinajstić information content (AvgIpc) is 1.89. The highest BCUT2D eigenvalue weighted by atomic mass is 16.7. The Hall–Kier alpha value is -1.09. The van der Waals surface area contributed by atoms with Crippen LogP contribution in [0, 0.1) is 0 Å². The van der Waals surface area contributed by atoms with Crippen LogP contribution in [0.1, 0.15) is 6.92 Å². The second kappa shape index (κ2) is 6.04. The van der Waals surface area contributed by atoms with Crippen LogP contribution < -0.4 is 5.48 Å². The van der Waals surface area contributed by atoms with Gasteiger partial charge in [0.2, 0.25) is 0 Å². The molecule has 10 heavy (non-hydrogen) atoms. The van der Waals surface area contributed by atoms with Gasteiger partial charge in [0.15, 0.2) is 0 Å². The van der Waals surface area contributed by atoms with Gasteiger partial charge in [-0.15, -0.1) is 0 Å². The number of carbonyl (C=O) groups excluding carboxylic acids is 1. The molecule has 0 heterocycles. The molecule has 0 saturated heterocycles. The molecule has 1 N–H and O–H groups in total. The molecule has 0 bridgehead atoms. The first-order chi connectivity index (χ1) is 4.81. The van der Waals surface area contributed by atoms with Gasteiger partial charge < -0.3 is 0 Å². The second-order valence-corrected chi connectivity index (χ2v) is 1.51. The summed E-state index contributed by atoms with van der Waals surface area (Å²) in [4.78, 5) is 14.9. The van der Waals surface area contributed by atoms with Crippen LogP contribution in [0.3, 0.4) is 0 Å². The SMILES string of the molecule is C/C=C/C=C/C(=[O+])ONC. The number of allylic oxidation sites excluding steroid dienone is 3. The van der Waals surface area contributed by atoms with Crippen LogP contribution in [-0.4, -0.2) is 13.0 Å². The summed E-state index contributed by atoms with van der Waals surface area (Å²) in [6, 6.07) is 0. The molecule has 0 fully saturated rings. The van der Waals surface area contributed by atoms with Gasteiger partial charge in [-0.2, -0.15) is 4.84 Å². The molecule has 0 spiro atoms. The van der Waals surface area contributed by atoms with Crippen molar-refractivity contribution in [1.29, 1.82) is 0 Å². The summed E-state index contributed by atoms with van der Waals surface area (Å²) in [6.07, 6.45) is 6.51. The van der Waals surface area contributed by atoms with Gasteiger partial charge in [0.25, 0.3) is 0 Å². The number of hydrogen-bond acceptors (Lipinski definition) is 3. The van der Waals surface area contributed by atoms with Crippen molar-refractivity contribution in [2.24, 2.45) is 0 Å². The minimum atomic E-state index is -0.402. The van der Waals surface area contributed by atoms with Crippen molar-refractivity contribution in [3.8, 4) is 0 Å². The quantitative estimate of drug-likeness (QED) is 0.273. The van der Waals surface area contributed by atoms with E-state index in [4.69, 9.17) is 0 Å². The Bertz CT molecular complexity index is 150. The van der Waals surface area contributed by atoms with E-state index in [0.29, 0.717) is 0 Å². The van der Waals surface area contributed by atoms with E-state index in [1.807, 2.05) is 13.0 Å². The summed E-state index contributed by atoms with van der Waals surface area (Å²) < 4.78 is 0. The van der Waals surface area contributed by atoms with Gasteiger partial charge in [-0.1, -0.05) is 17.6 Å². The highest BCUT2D eigenvalue weighted by Gasteiger charge is 2.08. The molecule has 0 rings (SSSR count). The largest absolute Gasteiger partial charge is 0.623 e. The summed E-state index contributed by atoms with van der Waals surface area (Å²) in [5.41, 5.74) is 2.27. The van der Waals surface area contributed by atoms with Crippen LogP contribution in [0.2, 0.25) is 0 Å². The predicted molar refractivity (Wildman–Crippen MR) is 39.1 cm³/mol. The summed E-state index contributed by atoms with van der Waals surface area (Å²) in [5.74, 6) is -0.402. The van der Waals surface area contributed by atoms with E-state index in [9.17, 15) is 4.79 Å². The predicted octanol–water partition coefficient (Wildman–Crippen LogP) is 0.796. The van der Waals surface area contributed by atoms with Gasteiger partial charge in [-0.3, -0.25) is 0 Å². The maximum atomic E-state index is 10.5. The molecule has 1 radical (unpaired) electrons. The number of rotatable bonds is 3. The smallest absolute Gasteiger partial charge is 0.196 e. The fourth-order valence-electron chi connectivity index (χ4n) is 0.380. The number of hydroxylamine groups is 1. The Morgan fingerprint density at radius 2 is 2.20 bits per heavy atom. The van der Waals surface area contributed by atoms with Crippen LogP contribution in [-0.2, 0) is 9.63 Å². The fourth-order valence-corrected chi connectivity index (χ4v) is 0.380. The highest BCUT2D eigenvalue weighted by Crippen LogP contribution is 1.78. The van der Waals surface area contributed by atoms with E-state index in [0.717, 1.165) is 0 Å². The third kappa shape index (κ3) is 5.05. The molecule has 0 unspecified atom stereocenters. The Balaban J connectivity index is 3.56. The normalized spacial score (nSPS) is 11.0. The lowest BCUT2D eigenvalue weighted by Gasteiger charge is -1.77. The zero-order valence-corrected chi connectivity index (χ0v) is 6.13. The van der Waals surface area contributed by atoms with Crippen molar-refractivity contribution in [1.82, 2.24) is 5.48 Å². The van der Waals surface area contributed by atoms with Crippen molar-refractivity contribution in [3.05, 3.63) is 24.3 Å². The van der Waals surface area contributed by atoms with Crippen molar-refractivity contribution in [2.45, 2.75) is 6.92 Å². The number of carbonyl (C=O) groups is 1. The van der Waals surface area contributed by atoms with E-state index in [-0.39, 0.29) is 0 Å². The van der Waals surface area contributed by atoms with Crippen molar-refractivity contribution in [2.75, 3.05) is 7.05 Å². The maximum Gasteiger partial charge on any atom is 0.623 e. The van der Waals surface area contributed by atoms with Crippen LogP contribution in [0.4, 0.5) is 0 Å². The summed E-state index contributed by atoms with van der Waals surface area (Å²) in [6.45, 7) is 1.87. The molecule has 0 amide bonds. The summed E-state index contributed by atoms with van der Waals surface area (Å²) in [5, 5.41) is 0. The first-order valence-electron chi connectivity index (χ1n) is 2.98. The van der Waals surface area contributed by atoms with Gasteiger partial charge in [-0.25, -0.2) is 0 Å². The first kappa shape index (κ1) is 8.91. The molecule has 3 heteroatoms. The number of nitrogens with one attached hydrogen (secondary N) is 1. The molecule has 3 nitrogen and oxygen atoms in total. The van der Waals surface area contributed by atoms with Gasteiger partial charge in [-0.05, 0) is 13.0 Å². The zero-order valence-electron chi connectivity index (χ0n) is 6.13. The molecule has 55 valence electrons. The van der Waals surface area contributed by atoms with Gasteiger partial charge in [0, 0.05) is 7.05 Å². The van der Waals surface area contributed by atoms with E-state index >= 15 is 0 Å². The Labute approximate surface area is 60.3 Å². The van der Waals surface area contributed by atoms with Crippen molar-refractivity contribution in [3.63, 3.8) is 0 Å². The third-order valence-electron chi connectivity index (χ3n) is 0.739. The molecule has 0 aromatic rings. The van der Waals surface area contributed by atoms with E-state index in [1.54, 1.807) is 12.2 Å². The molecular weight excluding hydrogens is 130 g/mol. The Morgan fingerprint density at radius 1 is 1.50 bits per heavy atom. The van der Waals surface area contributed by atoms with Gasteiger partial charge >= 0.3 is 5.97 Å². The first-order valence-corrected chi connectivity index (χ1v) is 2.98. The minimum absolute atomic E-state index is 0.402. The van der Waals surface area contributed by atoms with Crippen LogP contribution in [0.15, 0.2) is 24.3 Å². The lowest BCUT2D eigenvalue weighted by Crippen LogP contribution is -2.12. The monoisotopic (exact) mass is 141 g/mol. The molecule has 0 aromatic heterocycles. The third-order valence-corrected chi connectivity index (χ3v) is 0.739. The molecule has 0 aliphatic heterocycles. The zero-order chi connectivity index (χ0) is 7.82. The second-order valence-electron chi connectivity index (χ2n) is 1.51. The molecule has 0 atom stereocenters. The lowest BCUT2D eigenvalue weighted by molar-refractivity contribution is -0.143. The van der Waals surface area contributed by atoms with Crippen molar-refractivity contribution >= 4 is 5.97 Å². The number of hydrogen-bond donors (Lipinski definition) is 1.